The van der Waals surface area contributed by atoms with E-state index >= 15 is 0 Å². The fourth-order valence-electron chi connectivity index (χ4n) is 2.53. The summed E-state index contributed by atoms with van der Waals surface area (Å²) < 4.78 is 0. The molecule has 120 valence electrons. The summed E-state index contributed by atoms with van der Waals surface area (Å²) in [6.45, 7) is 1.45. The number of pyridine rings is 1. The molecule has 0 aliphatic rings. The molecule has 5 heteroatoms. The van der Waals surface area contributed by atoms with Crippen LogP contribution >= 0.6 is 0 Å². The van der Waals surface area contributed by atoms with E-state index in [4.69, 9.17) is 0 Å². The number of rotatable bonds is 4. The number of nitrogens with one attached hydrogen (secondary N) is 2. The number of hydrogen-bond acceptors (Lipinski definition) is 3. The van der Waals surface area contributed by atoms with Crippen molar-refractivity contribution in [3.05, 3.63) is 66.4 Å². The Kier molecular flexibility index (Phi) is 4.52. The molecule has 3 rings (SSSR count). The minimum atomic E-state index is -0.129. The van der Waals surface area contributed by atoms with Crippen LogP contribution in [0.15, 0.2) is 60.8 Å². The topological polar surface area (TPSA) is 71.1 Å². The summed E-state index contributed by atoms with van der Waals surface area (Å²) in [7, 11) is 0. The number of carbonyl (C=O) groups excluding carboxylic acids is 2. The smallest absolute Gasteiger partial charge is 0.228 e. The van der Waals surface area contributed by atoms with Gasteiger partial charge in [-0.1, -0.05) is 24.3 Å². The van der Waals surface area contributed by atoms with Crippen molar-refractivity contribution in [2.75, 3.05) is 10.6 Å². The van der Waals surface area contributed by atoms with E-state index in [1.54, 1.807) is 30.5 Å². The lowest BCUT2D eigenvalue weighted by Gasteiger charge is -2.08. The van der Waals surface area contributed by atoms with Crippen LogP contribution in [0.2, 0.25) is 0 Å². The van der Waals surface area contributed by atoms with Gasteiger partial charge in [0.05, 0.1) is 11.9 Å². The molecule has 0 spiro atoms. The third-order valence-corrected chi connectivity index (χ3v) is 3.56. The van der Waals surface area contributed by atoms with E-state index in [1.165, 1.54) is 6.92 Å². The second-order valence-corrected chi connectivity index (χ2v) is 5.48. The first-order chi connectivity index (χ1) is 11.6. The van der Waals surface area contributed by atoms with E-state index in [-0.39, 0.29) is 18.2 Å². The maximum atomic E-state index is 12.3. The van der Waals surface area contributed by atoms with Crippen LogP contribution in [0.5, 0.6) is 0 Å². The molecule has 0 radical (unpaired) electrons. The van der Waals surface area contributed by atoms with Crippen molar-refractivity contribution in [2.45, 2.75) is 13.3 Å². The molecule has 0 aliphatic carbocycles. The van der Waals surface area contributed by atoms with Gasteiger partial charge in [0.2, 0.25) is 11.8 Å². The Balaban J connectivity index is 1.70. The van der Waals surface area contributed by atoms with Gasteiger partial charge in [-0.15, -0.1) is 0 Å². The molecule has 0 bridgehead atoms. The molecular formula is C19H17N3O2. The number of aromatic nitrogens is 1. The van der Waals surface area contributed by atoms with Gasteiger partial charge in [0, 0.05) is 29.9 Å². The molecule has 0 fully saturated rings. The highest BCUT2D eigenvalue weighted by molar-refractivity contribution is 5.95. The van der Waals surface area contributed by atoms with E-state index in [0.717, 1.165) is 16.5 Å². The van der Waals surface area contributed by atoms with Crippen molar-refractivity contribution in [2.24, 2.45) is 0 Å². The molecule has 2 amide bonds. The fourth-order valence-corrected chi connectivity index (χ4v) is 2.53. The van der Waals surface area contributed by atoms with Crippen LogP contribution in [0, 0.1) is 0 Å². The molecule has 0 saturated heterocycles. The first-order valence-corrected chi connectivity index (χ1v) is 7.62. The normalized spacial score (nSPS) is 10.4. The van der Waals surface area contributed by atoms with E-state index in [9.17, 15) is 9.59 Å². The average Bonchev–Trinajstić information content (AvgIpc) is 2.56. The summed E-state index contributed by atoms with van der Waals surface area (Å²) in [5.74, 6) is -0.240. The first kappa shape index (κ1) is 15.7. The van der Waals surface area contributed by atoms with Crippen LogP contribution in [0.1, 0.15) is 12.5 Å². The molecule has 5 nitrogen and oxygen atoms in total. The highest BCUT2D eigenvalue weighted by atomic mass is 16.2. The molecule has 0 atom stereocenters. The molecule has 0 unspecified atom stereocenters. The van der Waals surface area contributed by atoms with E-state index in [2.05, 4.69) is 15.6 Å². The second kappa shape index (κ2) is 6.91. The maximum Gasteiger partial charge on any atom is 0.228 e. The summed E-state index contributed by atoms with van der Waals surface area (Å²) in [5.41, 5.74) is 3.11. The number of fused-ring (bicyclic) bond motifs is 1. The van der Waals surface area contributed by atoms with Gasteiger partial charge >= 0.3 is 0 Å². The average molecular weight is 319 g/mol. The molecule has 2 N–H and O–H groups in total. The zero-order valence-corrected chi connectivity index (χ0v) is 13.2. The van der Waals surface area contributed by atoms with Crippen molar-refractivity contribution in [1.82, 2.24) is 4.98 Å². The van der Waals surface area contributed by atoms with Gasteiger partial charge in [-0.3, -0.25) is 14.6 Å². The molecule has 0 saturated carbocycles. The maximum absolute atomic E-state index is 12.3. The first-order valence-electron chi connectivity index (χ1n) is 7.62. The molecule has 0 aliphatic heterocycles. The molecular weight excluding hydrogens is 302 g/mol. The number of para-hydroxylation sites is 1. The highest BCUT2D eigenvalue weighted by Crippen LogP contribution is 2.18. The summed E-state index contributed by atoms with van der Waals surface area (Å²) in [6, 6.07) is 16.7. The van der Waals surface area contributed by atoms with Gasteiger partial charge in [0.25, 0.3) is 0 Å². The minimum Gasteiger partial charge on any atom is -0.326 e. The van der Waals surface area contributed by atoms with Crippen LogP contribution < -0.4 is 10.6 Å². The number of nitrogens with zero attached hydrogens (tertiary/aromatic N) is 1. The Morgan fingerprint density at radius 1 is 0.917 bits per heavy atom. The number of anilines is 2. The van der Waals surface area contributed by atoms with Gasteiger partial charge in [-0.25, -0.2) is 0 Å². The van der Waals surface area contributed by atoms with Crippen LogP contribution in [-0.4, -0.2) is 16.8 Å². The van der Waals surface area contributed by atoms with Crippen molar-refractivity contribution in [1.29, 1.82) is 0 Å². The third-order valence-electron chi connectivity index (χ3n) is 3.56. The number of amides is 2. The minimum absolute atomic E-state index is 0.111. The van der Waals surface area contributed by atoms with Crippen molar-refractivity contribution >= 4 is 34.1 Å². The molecule has 1 aromatic heterocycles. The van der Waals surface area contributed by atoms with E-state index < -0.39 is 0 Å². The van der Waals surface area contributed by atoms with Gasteiger partial charge in [-0.05, 0) is 35.9 Å². The fraction of sp³-hybridized carbons (Fsp3) is 0.105. The standard InChI is InChI=1S/C19H17N3O2/c1-13(23)21-16-7-9-17(10-8-16)22-18(24)12-15-5-2-4-14-6-3-11-20-19(14)15/h2-11H,12H2,1H3,(H,21,23)(H,22,24). The zero-order valence-electron chi connectivity index (χ0n) is 13.2. The summed E-state index contributed by atoms with van der Waals surface area (Å²) >= 11 is 0. The van der Waals surface area contributed by atoms with Crippen LogP contribution in [0.3, 0.4) is 0 Å². The molecule has 3 aromatic rings. The largest absolute Gasteiger partial charge is 0.326 e. The molecule has 2 aromatic carbocycles. The Morgan fingerprint density at radius 2 is 1.58 bits per heavy atom. The summed E-state index contributed by atoms with van der Waals surface area (Å²) in [4.78, 5) is 27.6. The Hall–Kier alpha value is -3.21. The van der Waals surface area contributed by atoms with Gasteiger partial charge < -0.3 is 10.6 Å². The van der Waals surface area contributed by atoms with Crippen molar-refractivity contribution in [3.8, 4) is 0 Å². The lowest BCUT2D eigenvalue weighted by Crippen LogP contribution is -2.15. The highest BCUT2D eigenvalue weighted by Gasteiger charge is 2.08. The van der Waals surface area contributed by atoms with Crippen molar-refractivity contribution in [3.63, 3.8) is 0 Å². The predicted octanol–water partition coefficient (Wildman–Crippen LogP) is 3.37. The van der Waals surface area contributed by atoms with Gasteiger partial charge in [-0.2, -0.15) is 0 Å². The van der Waals surface area contributed by atoms with E-state index in [1.807, 2.05) is 30.3 Å². The van der Waals surface area contributed by atoms with Gasteiger partial charge in [0.1, 0.15) is 0 Å². The quantitative estimate of drug-likeness (QED) is 0.774. The number of carbonyl (C=O) groups is 2. The van der Waals surface area contributed by atoms with Crippen LogP contribution in [0.4, 0.5) is 11.4 Å². The van der Waals surface area contributed by atoms with Gasteiger partial charge in [0.15, 0.2) is 0 Å². The molecule has 1 heterocycles. The summed E-state index contributed by atoms with van der Waals surface area (Å²) in [6.07, 6.45) is 1.98. The second-order valence-electron chi connectivity index (χ2n) is 5.48. The lowest BCUT2D eigenvalue weighted by molar-refractivity contribution is -0.116. The zero-order chi connectivity index (χ0) is 16.9. The Labute approximate surface area is 139 Å². The van der Waals surface area contributed by atoms with Crippen LogP contribution in [-0.2, 0) is 16.0 Å². The number of benzene rings is 2. The Bertz CT molecular complexity index is 883. The predicted molar refractivity (Wildman–Crippen MR) is 94.8 cm³/mol. The van der Waals surface area contributed by atoms with Crippen molar-refractivity contribution < 1.29 is 9.59 Å². The van der Waals surface area contributed by atoms with E-state index in [0.29, 0.717) is 11.4 Å². The SMILES string of the molecule is CC(=O)Nc1ccc(NC(=O)Cc2cccc3cccnc23)cc1. The summed E-state index contributed by atoms with van der Waals surface area (Å²) in [5, 5.41) is 6.56. The third kappa shape index (κ3) is 3.76. The number of hydrogen-bond donors (Lipinski definition) is 2. The Morgan fingerprint density at radius 3 is 2.29 bits per heavy atom. The van der Waals surface area contributed by atoms with Crippen LogP contribution in [0.25, 0.3) is 10.9 Å². The molecule has 24 heavy (non-hydrogen) atoms. The monoisotopic (exact) mass is 319 g/mol. The lowest BCUT2D eigenvalue weighted by atomic mass is 10.1.